The Bertz CT molecular complexity index is 650. The normalized spacial score (nSPS) is 11.4. The van der Waals surface area contributed by atoms with Gasteiger partial charge in [-0.15, -0.1) is 0 Å². The molecule has 7 nitrogen and oxygen atoms in total. The number of amides is 1. The molecule has 0 aliphatic rings. The lowest BCUT2D eigenvalue weighted by Gasteiger charge is -2.01. The second kappa shape index (κ2) is 8.30. The molecule has 3 N–H and O–H groups in total. The molecule has 1 rings (SSSR count). The number of ether oxygens (including phenoxy) is 1. The van der Waals surface area contributed by atoms with Gasteiger partial charge in [0.05, 0.1) is 12.0 Å². The second-order valence-corrected chi connectivity index (χ2v) is 5.98. The summed E-state index contributed by atoms with van der Waals surface area (Å²) in [7, 11) is -2.41. The number of hydrogen-bond donors (Lipinski definition) is 2. The first-order chi connectivity index (χ1) is 10.3. The lowest BCUT2D eigenvalue weighted by Crippen LogP contribution is -2.22. The van der Waals surface area contributed by atoms with Gasteiger partial charge < -0.3 is 10.1 Å². The molecule has 22 heavy (non-hydrogen) atoms. The molecular weight excluding hydrogens is 308 g/mol. The van der Waals surface area contributed by atoms with Crippen molar-refractivity contribution in [2.75, 3.05) is 13.7 Å². The number of hydrogen-bond acceptors (Lipinski definition) is 5. The van der Waals surface area contributed by atoms with Crippen molar-refractivity contribution in [3.63, 3.8) is 0 Å². The first-order valence-corrected chi connectivity index (χ1v) is 8.03. The lowest BCUT2D eigenvalue weighted by atomic mass is 10.2. The van der Waals surface area contributed by atoms with Gasteiger partial charge in [-0.25, -0.2) is 13.6 Å². The highest BCUT2D eigenvalue weighted by Crippen LogP contribution is 2.09. The van der Waals surface area contributed by atoms with Gasteiger partial charge in [-0.1, -0.05) is 12.1 Å². The summed E-state index contributed by atoms with van der Waals surface area (Å²) in [6, 6.07) is 5.81. The van der Waals surface area contributed by atoms with E-state index in [-0.39, 0.29) is 23.2 Å². The van der Waals surface area contributed by atoms with Crippen molar-refractivity contribution in [2.45, 2.75) is 17.7 Å². The summed E-state index contributed by atoms with van der Waals surface area (Å²) < 4.78 is 26.7. The summed E-state index contributed by atoms with van der Waals surface area (Å²) >= 11 is 0. The van der Waals surface area contributed by atoms with E-state index >= 15 is 0 Å². The van der Waals surface area contributed by atoms with Crippen LogP contribution >= 0.6 is 0 Å². The number of esters is 1. The minimum absolute atomic E-state index is 0.0110. The van der Waals surface area contributed by atoms with E-state index in [0.29, 0.717) is 18.5 Å². The number of carbonyl (C=O) groups is 2. The van der Waals surface area contributed by atoms with Crippen LogP contribution in [0.5, 0.6) is 0 Å². The van der Waals surface area contributed by atoms with Gasteiger partial charge in [0.2, 0.25) is 15.9 Å². The third-order valence-electron chi connectivity index (χ3n) is 2.72. The largest absolute Gasteiger partial charge is 0.469 e. The van der Waals surface area contributed by atoms with Crippen LogP contribution in [-0.2, 0) is 24.3 Å². The maximum absolute atomic E-state index is 11.5. The van der Waals surface area contributed by atoms with Crippen molar-refractivity contribution >= 4 is 28.0 Å². The van der Waals surface area contributed by atoms with Crippen molar-refractivity contribution in [3.8, 4) is 0 Å². The standard InChI is InChI=1S/C14H18N2O5S/c1-21-14(18)3-2-10-16-13(17)9-6-11-4-7-12(8-5-11)22(15,19)20/h4-9H,2-3,10H2,1H3,(H,16,17)(H2,15,19,20)/b9-6+. The van der Waals surface area contributed by atoms with Crippen LogP contribution in [0.2, 0.25) is 0 Å². The predicted octanol–water partition coefficient (Wildman–Crippen LogP) is 0.417. The Morgan fingerprint density at radius 3 is 2.45 bits per heavy atom. The van der Waals surface area contributed by atoms with Crippen molar-refractivity contribution in [1.29, 1.82) is 0 Å². The van der Waals surface area contributed by atoms with E-state index in [4.69, 9.17) is 5.14 Å². The first kappa shape index (κ1) is 17.9. The van der Waals surface area contributed by atoms with Crippen LogP contribution in [0, 0.1) is 0 Å². The number of benzene rings is 1. The average molecular weight is 326 g/mol. The minimum Gasteiger partial charge on any atom is -0.469 e. The number of sulfonamides is 1. The molecule has 0 fully saturated rings. The smallest absolute Gasteiger partial charge is 0.305 e. The van der Waals surface area contributed by atoms with E-state index in [1.807, 2.05) is 0 Å². The highest BCUT2D eigenvalue weighted by molar-refractivity contribution is 7.89. The molecular formula is C14H18N2O5S. The van der Waals surface area contributed by atoms with Crippen LogP contribution in [0.4, 0.5) is 0 Å². The molecule has 1 amide bonds. The molecule has 0 saturated heterocycles. The third-order valence-corrected chi connectivity index (χ3v) is 3.65. The quantitative estimate of drug-likeness (QED) is 0.428. The Morgan fingerprint density at radius 2 is 1.91 bits per heavy atom. The van der Waals surface area contributed by atoms with Crippen LogP contribution in [0.3, 0.4) is 0 Å². The Labute approximate surface area is 129 Å². The fourth-order valence-corrected chi connectivity index (χ4v) is 2.06. The summed E-state index contributed by atoms with van der Waals surface area (Å²) in [5.74, 6) is -0.625. The highest BCUT2D eigenvalue weighted by atomic mass is 32.2. The Morgan fingerprint density at radius 1 is 1.27 bits per heavy atom. The fraction of sp³-hybridized carbons (Fsp3) is 0.286. The lowest BCUT2D eigenvalue weighted by molar-refractivity contribution is -0.140. The molecule has 1 aromatic rings. The predicted molar refractivity (Wildman–Crippen MR) is 81.1 cm³/mol. The van der Waals surface area contributed by atoms with Gasteiger partial charge in [0.25, 0.3) is 0 Å². The van der Waals surface area contributed by atoms with Crippen molar-refractivity contribution in [2.24, 2.45) is 5.14 Å². The molecule has 1 aromatic carbocycles. The molecule has 8 heteroatoms. The number of rotatable bonds is 7. The van der Waals surface area contributed by atoms with Gasteiger partial charge >= 0.3 is 5.97 Å². The molecule has 0 aliphatic carbocycles. The average Bonchev–Trinajstić information content (AvgIpc) is 2.48. The summed E-state index contributed by atoms with van der Waals surface area (Å²) in [4.78, 5) is 22.4. The third kappa shape index (κ3) is 6.51. The van der Waals surface area contributed by atoms with Gasteiger partial charge in [0.1, 0.15) is 0 Å². The van der Waals surface area contributed by atoms with Gasteiger partial charge in [-0.3, -0.25) is 9.59 Å². The summed E-state index contributed by atoms with van der Waals surface area (Å²) in [5, 5.41) is 7.60. The number of carbonyl (C=O) groups excluding carboxylic acids is 2. The molecule has 0 spiro atoms. The summed E-state index contributed by atoms with van der Waals surface area (Å²) in [6.45, 7) is 0.364. The van der Waals surface area contributed by atoms with Crippen LogP contribution in [0.1, 0.15) is 18.4 Å². The Balaban J connectivity index is 2.44. The minimum atomic E-state index is -3.72. The van der Waals surface area contributed by atoms with Crippen molar-refractivity contribution in [3.05, 3.63) is 35.9 Å². The molecule has 0 heterocycles. The molecule has 0 unspecified atom stereocenters. The summed E-state index contributed by atoms with van der Waals surface area (Å²) in [5.41, 5.74) is 0.664. The Kier molecular flexibility index (Phi) is 6.74. The Hall–Kier alpha value is -2.19. The number of nitrogens with one attached hydrogen (secondary N) is 1. The van der Waals surface area contributed by atoms with E-state index in [9.17, 15) is 18.0 Å². The number of methoxy groups -OCH3 is 1. The van der Waals surface area contributed by atoms with Crippen LogP contribution in [-0.4, -0.2) is 33.9 Å². The highest BCUT2D eigenvalue weighted by Gasteiger charge is 2.06. The molecule has 0 atom stereocenters. The van der Waals surface area contributed by atoms with Crippen LogP contribution < -0.4 is 10.5 Å². The molecule has 0 radical (unpaired) electrons. The van der Waals surface area contributed by atoms with E-state index < -0.39 is 10.0 Å². The van der Waals surface area contributed by atoms with Crippen molar-refractivity contribution < 1.29 is 22.7 Å². The number of nitrogens with two attached hydrogens (primary N) is 1. The van der Waals surface area contributed by atoms with Crippen LogP contribution in [0.15, 0.2) is 35.2 Å². The second-order valence-electron chi connectivity index (χ2n) is 4.42. The maximum atomic E-state index is 11.5. The SMILES string of the molecule is COC(=O)CCCNC(=O)/C=C/c1ccc(S(N)(=O)=O)cc1. The first-order valence-electron chi connectivity index (χ1n) is 6.48. The number of primary sulfonamides is 1. The van der Waals surface area contributed by atoms with Gasteiger partial charge in [-0.2, -0.15) is 0 Å². The van der Waals surface area contributed by atoms with Crippen LogP contribution in [0.25, 0.3) is 6.08 Å². The molecule has 0 saturated carbocycles. The van der Waals surface area contributed by atoms with E-state index in [2.05, 4.69) is 10.1 Å². The van der Waals surface area contributed by atoms with E-state index in [0.717, 1.165) is 0 Å². The van der Waals surface area contributed by atoms with Gasteiger partial charge in [-0.05, 0) is 30.2 Å². The zero-order chi connectivity index (χ0) is 16.6. The van der Waals surface area contributed by atoms with Gasteiger partial charge in [0.15, 0.2) is 0 Å². The van der Waals surface area contributed by atoms with E-state index in [1.54, 1.807) is 18.2 Å². The molecule has 0 aromatic heterocycles. The molecule has 120 valence electrons. The molecule has 0 aliphatic heterocycles. The van der Waals surface area contributed by atoms with E-state index in [1.165, 1.54) is 25.3 Å². The molecule has 0 bridgehead atoms. The fourth-order valence-electron chi connectivity index (χ4n) is 1.55. The van der Waals surface area contributed by atoms with Crippen molar-refractivity contribution in [1.82, 2.24) is 5.32 Å². The topological polar surface area (TPSA) is 116 Å². The monoisotopic (exact) mass is 326 g/mol. The maximum Gasteiger partial charge on any atom is 0.305 e. The zero-order valence-corrected chi connectivity index (χ0v) is 12.9. The van der Waals surface area contributed by atoms with Gasteiger partial charge in [0, 0.05) is 19.0 Å². The zero-order valence-electron chi connectivity index (χ0n) is 12.1. The summed E-state index contributed by atoms with van der Waals surface area (Å²) in [6.07, 6.45) is 3.61.